The van der Waals surface area contributed by atoms with E-state index in [-0.39, 0.29) is 18.0 Å². The molecule has 1 aromatic rings. The number of likely N-dealkylation sites (tertiary alicyclic amines) is 1. The zero-order valence-corrected chi connectivity index (χ0v) is 11.6. The van der Waals surface area contributed by atoms with Crippen molar-refractivity contribution in [2.24, 2.45) is 5.73 Å². The van der Waals surface area contributed by atoms with Gasteiger partial charge in [-0.2, -0.15) is 5.10 Å². The molecule has 106 valence electrons. The fourth-order valence-corrected chi connectivity index (χ4v) is 2.67. The number of carbonyl (C=O) groups excluding carboxylic acids is 1. The van der Waals surface area contributed by atoms with Crippen LogP contribution in [0.5, 0.6) is 0 Å². The smallest absolute Gasteiger partial charge is 0.223 e. The highest BCUT2D eigenvalue weighted by atomic mass is 16.5. The van der Waals surface area contributed by atoms with Crippen molar-refractivity contribution in [2.45, 2.75) is 38.4 Å². The monoisotopic (exact) mass is 266 g/mol. The standard InChI is InChI=1S/C13H22N4O2/c1-3-17-11(6-7-15-17)13-10(14)4-5-12(18)16(13)8-9-19-2/h6-7,10,13H,3-5,8-9,14H2,1-2H3. The molecule has 6 nitrogen and oxygen atoms in total. The third-order valence-corrected chi connectivity index (χ3v) is 3.64. The highest BCUT2D eigenvalue weighted by Crippen LogP contribution is 2.30. The summed E-state index contributed by atoms with van der Waals surface area (Å²) in [5.41, 5.74) is 7.26. The van der Waals surface area contributed by atoms with Crippen LogP contribution >= 0.6 is 0 Å². The van der Waals surface area contributed by atoms with Gasteiger partial charge < -0.3 is 15.4 Å². The van der Waals surface area contributed by atoms with Crippen molar-refractivity contribution in [2.75, 3.05) is 20.3 Å². The molecule has 0 radical (unpaired) electrons. The molecule has 2 N–H and O–H groups in total. The molecule has 0 aliphatic carbocycles. The molecule has 2 rings (SSSR count). The Morgan fingerprint density at radius 3 is 3.05 bits per heavy atom. The summed E-state index contributed by atoms with van der Waals surface area (Å²) >= 11 is 0. The molecule has 0 aromatic carbocycles. The van der Waals surface area contributed by atoms with E-state index in [1.165, 1.54) is 0 Å². The second-order valence-electron chi connectivity index (χ2n) is 4.80. The van der Waals surface area contributed by atoms with Crippen molar-refractivity contribution in [3.8, 4) is 0 Å². The quantitative estimate of drug-likeness (QED) is 0.844. The van der Waals surface area contributed by atoms with Crippen molar-refractivity contribution in [3.63, 3.8) is 0 Å². The Bertz CT molecular complexity index is 432. The number of nitrogens with two attached hydrogens (primary N) is 1. The van der Waals surface area contributed by atoms with E-state index in [9.17, 15) is 4.79 Å². The number of hydrogen-bond acceptors (Lipinski definition) is 4. The van der Waals surface area contributed by atoms with Gasteiger partial charge in [-0.15, -0.1) is 0 Å². The number of methoxy groups -OCH3 is 1. The molecule has 1 aliphatic heterocycles. The molecule has 0 spiro atoms. The van der Waals surface area contributed by atoms with Crippen LogP contribution < -0.4 is 5.73 Å². The second kappa shape index (κ2) is 6.16. The molecule has 1 fully saturated rings. The van der Waals surface area contributed by atoms with E-state index in [1.54, 1.807) is 13.3 Å². The third kappa shape index (κ3) is 2.79. The Morgan fingerprint density at radius 1 is 1.58 bits per heavy atom. The number of amides is 1. The van der Waals surface area contributed by atoms with E-state index in [4.69, 9.17) is 10.5 Å². The van der Waals surface area contributed by atoms with Crippen LogP contribution in [0.15, 0.2) is 12.3 Å². The first-order valence-corrected chi connectivity index (χ1v) is 6.74. The van der Waals surface area contributed by atoms with Gasteiger partial charge in [0, 0.05) is 38.9 Å². The van der Waals surface area contributed by atoms with Crippen molar-refractivity contribution in [1.29, 1.82) is 0 Å². The first-order valence-electron chi connectivity index (χ1n) is 6.74. The minimum absolute atomic E-state index is 0.0449. The van der Waals surface area contributed by atoms with Gasteiger partial charge in [0.2, 0.25) is 5.91 Å². The van der Waals surface area contributed by atoms with Crippen LogP contribution in [0.25, 0.3) is 0 Å². The van der Waals surface area contributed by atoms with E-state index in [0.717, 1.165) is 18.7 Å². The molecule has 2 atom stereocenters. The van der Waals surface area contributed by atoms with E-state index >= 15 is 0 Å². The molecule has 6 heteroatoms. The minimum Gasteiger partial charge on any atom is -0.383 e. The number of hydrogen-bond donors (Lipinski definition) is 1. The number of ether oxygens (including phenoxy) is 1. The number of piperidine rings is 1. The fourth-order valence-electron chi connectivity index (χ4n) is 2.67. The van der Waals surface area contributed by atoms with Crippen LogP contribution in [-0.4, -0.2) is 46.9 Å². The summed E-state index contributed by atoms with van der Waals surface area (Å²) in [6.07, 6.45) is 3.00. The highest BCUT2D eigenvalue weighted by molar-refractivity contribution is 5.77. The SMILES string of the molecule is CCn1nccc1C1C(N)CCC(=O)N1CCOC. The first kappa shape index (κ1) is 14.0. The third-order valence-electron chi connectivity index (χ3n) is 3.64. The Morgan fingerprint density at radius 2 is 2.37 bits per heavy atom. The van der Waals surface area contributed by atoms with Gasteiger partial charge in [0.15, 0.2) is 0 Å². The van der Waals surface area contributed by atoms with E-state index < -0.39 is 0 Å². The summed E-state index contributed by atoms with van der Waals surface area (Å²) in [6.45, 7) is 3.90. The summed E-state index contributed by atoms with van der Waals surface area (Å²) < 4.78 is 7.00. The first-order chi connectivity index (χ1) is 9.19. The van der Waals surface area contributed by atoms with Gasteiger partial charge >= 0.3 is 0 Å². The van der Waals surface area contributed by atoms with E-state index in [0.29, 0.717) is 19.6 Å². The molecular weight excluding hydrogens is 244 g/mol. The second-order valence-corrected chi connectivity index (χ2v) is 4.80. The largest absolute Gasteiger partial charge is 0.383 e. The zero-order chi connectivity index (χ0) is 13.8. The summed E-state index contributed by atoms with van der Waals surface area (Å²) in [5, 5.41) is 4.28. The van der Waals surface area contributed by atoms with Crippen LogP contribution in [0, 0.1) is 0 Å². The average Bonchev–Trinajstić information content (AvgIpc) is 2.87. The molecule has 1 aromatic heterocycles. The Labute approximate surface area is 113 Å². The molecule has 1 amide bonds. The van der Waals surface area contributed by atoms with Gasteiger partial charge in [0.1, 0.15) is 0 Å². The molecule has 19 heavy (non-hydrogen) atoms. The fraction of sp³-hybridized carbons (Fsp3) is 0.692. The van der Waals surface area contributed by atoms with Crippen LogP contribution in [0.4, 0.5) is 0 Å². The summed E-state index contributed by atoms with van der Waals surface area (Å²) in [7, 11) is 1.64. The van der Waals surface area contributed by atoms with Gasteiger partial charge in [-0.1, -0.05) is 0 Å². The predicted molar refractivity (Wildman–Crippen MR) is 71.4 cm³/mol. The summed E-state index contributed by atoms with van der Waals surface area (Å²) in [4.78, 5) is 14.0. The molecular formula is C13H22N4O2. The van der Waals surface area contributed by atoms with E-state index in [1.807, 2.05) is 22.6 Å². The van der Waals surface area contributed by atoms with E-state index in [2.05, 4.69) is 5.10 Å². The lowest BCUT2D eigenvalue weighted by Gasteiger charge is -2.39. The summed E-state index contributed by atoms with van der Waals surface area (Å²) in [5.74, 6) is 0.146. The van der Waals surface area contributed by atoms with Crippen molar-refractivity contribution in [1.82, 2.24) is 14.7 Å². The van der Waals surface area contributed by atoms with Crippen molar-refractivity contribution < 1.29 is 9.53 Å². The van der Waals surface area contributed by atoms with Gasteiger partial charge in [0.05, 0.1) is 18.3 Å². The van der Waals surface area contributed by atoms with Crippen LogP contribution in [-0.2, 0) is 16.1 Å². The molecule has 2 unspecified atom stereocenters. The maximum Gasteiger partial charge on any atom is 0.223 e. The lowest BCUT2D eigenvalue weighted by molar-refractivity contribution is -0.138. The van der Waals surface area contributed by atoms with Gasteiger partial charge in [-0.25, -0.2) is 0 Å². The average molecular weight is 266 g/mol. The number of nitrogens with zero attached hydrogens (tertiary/aromatic N) is 3. The molecule has 1 aliphatic rings. The number of aromatic nitrogens is 2. The van der Waals surface area contributed by atoms with Crippen LogP contribution in [0.3, 0.4) is 0 Å². The van der Waals surface area contributed by atoms with Gasteiger partial charge in [0.25, 0.3) is 0 Å². The Kier molecular flexibility index (Phi) is 4.55. The highest BCUT2D eigenvalue weighted by Gasteiger charge is 2.36. The maximum absolute atomic E-state index is 12.1. The minimum atomic E-state index is -0.0983. The number of aryl methyl sites for hydroxylation is 1. The Hall–Kier alpha value is -1.40. The van der Waals surface area contributed by atoms with Gasteiger partial charge in [-0.05, 0) is 19.4 Å². The number of rotatable bonds is 5. The summed E-state index contributed by atoms with van der Waals surface area (Å²) in [6, 6.07) is 1.81. The topological polar surface area (TPSA) is 73.4 Å². The van der Waals surface area contributed by atoms with Gasteiger partial charge in [-0.3, -0.25) is 9.48 Å². The maximum atomic E-state index is 12.1. The van der Waals surface area contributed by atoms with Crippen LogP contribution in [0.1, 0.15) is 31.5 Å². The lowest BCUT2D eigenvalue weighted by atomic mass is 9.93. The molecule has 0 saturated carbocycles. The predicted octanol–water partition coefficient (Wildman–Crippen LogP) is 0.540. The number of carbonyl (C=O) groups is 1. The molecule has 2 heterocycles. The van der Waals surface area contributed by atoms with Crippen molar-refractivity contribution >= 4 is 5.91 Å². The zero-order valence-electron chi connectivity index (χ0n) is 11.6. The Balaban J connectivity index is 2.28. The normalized spacial score (nSPS) is 23.9. The molecule has 0 bridgehead atoms. The van der Waals surface area contributed by atoms with Crippen molar-refractivity contribution in [3.05, 3.63) is 18.0 Å². The lowest BCUT2D eigenvalue weighted by Crippen LogP contribution is -2.50. The van der Waals surface area contributed by atoms with Crippen LogP contribution in [0.2, 0.25) is 0 Å². The molecule has 1 saturated heterocycles.